The van der Waals surface area contributed by atoms with Gasteiger partial charge in [0, 0.05) is 21.7 Å². The molecule has 2 heterocycles. The minimum Gasteiger partial charge on any atom is -0.360 e. The first-order chi connectivity index (χ1) is 12.2. The van der Waals surface area contributed by atoms with E-state index in [1.807, 2.05) is 66.9 Å². The van der Waals surface area contributed by atoms with Gasteiger partial charge in [-0.05, 0) is 31.2 Å². The summed E-state index contributed by atoms with van der Waals surface area (Å²) in [6.45, 7) is 1.90. The Hall–Kier alpha value is -2.63. The van der Waals surface area contributed by atoms with Gasteiger partial charge in [-0.3, -0.25) is 0 Å². The number of nitrogens with zero attached hydrogens (tertiary/aromatic N) is 2. The molecule has 0 amide bonds. The molecule has 0 bridgehead atoms. The van der Waals surface area contributed by atoms with Crippen LogP contribution in [0.2, 0.25) is 5.02 Å². The minimum absolute atomic E-state index is 0.706. The van der Waals surface area contributed by atoms with E-state index < -0.39 is 0 Å². The quantitative estimate of drug-likeness (QED) is 0.468. The van der Waals surface area contributed by atoms with Crippen molar-refractivity contribution in [3.63, 3.8) is 0 Å². The van der Waals surface area contributed by atoms with Crippen LogP contribution in [-0.4, -0.2) is 10.1 Å². The zero-order chi connectivity index (χ0) is 17.2. The summed E-state index contributed by atoms with van der Waals surface area (Å²) in [4.78, 5) is 4.69. The topological polar surface area (TPSA) is 51.0 Å². The molecule has 1 N–H and O–H groups in total. The summed E-state index contributed by atoms with van der Waals surface area (Å²) in [5.41, 5.74) is 4.53. The number of aromatic nitrogens is 2. The predicted molar refractivity (Wildman–Crippen MR) is 103 cm³/mol. The highest BCUT2D eigenvalue weighted by Gasteiger charge is 2.19. The van der Waals surface area contributed by atoms with Crippen LogP contribution in [0.1, 0.15) is 5.76 Å². The van der Waals surface area contributed by atoms with Crippen molar-refractivity contribution in [3.05, 3.63) is 70.8 Å². The number of halogens is 1. The van der Waals surface area contributed by atoms with Crippen molar-refractivity contribution in [2.24, 2.45) is 0 Å². The zero-order valence-corrected chi connectivity index (χ0v) is 14.9. The molecule has 0 saturated carbocycles. The molecule has 0 saturated heterocycles. The van der Waals surface area contributed by atoms with Gasteiger partial charge in [-0.25, -0.2) is 4.98 Å². The van der Waals surface area contributed by atoms with E-state index in [0.717, 1.165) is 39.1 Å². The molecule has 0 aliphatic heterocycles. The molecule has 4 aromatic rings. The molecule has 0 atom stereocenters. The molecule has 0 aliphatic carbocycles. The molecule has 0 unspecified atom stereocenters. The molecular formula is C19H14ClN3OS. The van der Waals surface area contributed by atoms with Crippen LogP contribution in [0, 0.1) is 6.92 Å². The van der Waals surface area contributed by atoms with Crippen LogP contribution >= 0.6 is 22.9 Å². The Morgan fingerprint density at radius 1 is 1.04 bits per heavy atom. The fourth-order valence-corrected chi connectivity index (χ4v) is 3.42. The molecule has 6 heteroatoms. The van der Waals surface area contributed by atoms with E-state index in [1.54, 1.807) is 0 Å². The lowest BCUT2D eigenvalue weighted by Gasteiger charge is -2.02. The molecular weight excluding hydrogens is 354 g/mol. The number of nitrogens with one attached hydrogen (secondary N) is 1. The van der Waals surface area contributed by atoms with Crippen molar-refractivity contribution >= 4 is 33.8 Å². The van der Waals surface area contributed by atoms with Crippen molar-refractivity contribution < 1.29 is 4.52 Å². The van der Waals surface area contributed by atoms with Crippen LogP contribution in [0.4, 0.5) is 10.8 Å². The summed E-state index contributed by atoms with van der Waals surface area (Å²) in [6.07, 6.45) is 0. The van der Waals surface area contributed by atoms with Crippen molar-refractivity contribution in [1.82, 2.24) is 10.1 Å². The maximum absolute atomic E-state index is 5.92. The molecule has 25 heavy (non-hydrogen) atoms. The average molecular weight is 368 g/mol. The summed E-state index contributed by atoms with van der Waals surface area (Å²) in [6, 6.07) is 17.5. The Morgan fingerprint density at radius 3 is 2.56 bits per heavy atom. The first-order valence-corrected chi connectivity index (χ1v) is 8.96. The third kappa shape index (κ3) is 3.29. The highest BCUT2D eigenvalue weighted by atomic mass is 35.5. The first kappa shape index (κ1) is 15.9. The van der Waals surface area contributed by atoms with Crippen molar-refractivity contribution in [1.29, 1.82) is 0 Å². The summed E-state index contributed by atoms with van der Waals surface area (Å²) >= 11 is 7.46. The molecule has 124 valence electrons. The number of aryl methyl sites for hydroxylation is 1. The largest absolute Gasteiger partial charge is 0.360 e. The number of anilines is 2. The smallest absolute Gasteiger partial charge is 0.187 e. The maximum Gasteiger partial charge on any atom is 0.187 e. The Bertz CT molecular complexity index is 993. The van der Waals surface area contributed by atoms with Gasteiger partial charge < -0.3 is 9.84 Å². The summed E-state index contributed by atoms with van der Waals surface area (Å²) in [5, 5.41) is 11.0. The third-order valence-electron chi connectivity index (χ3n) is 3.77. The third-order valence-corrected chi connectivity index (χ3v) is 4.78. The summed E-state index contributed by atoms with van der Waals surface area (Å²) < 4.78 is 5.42. The summed E-state index contributed by atoms with van der Waals surface area (Å²) in [7, 11) is 0. The molecule has 4 rings (SSSR count). The Labute approximate surface area is 154 Å². The maximum atomic E-state index is 5.92. The van der Waals surface area contributed by atoms with Gasteiger partial charge in [0.2, 0.25) is 0 Å². The monoisotopic (exact) mass is 367 g/mol. The van der Waals surface area contributed by atoms with Gasteiger partial charge in [0.15, 0.2) is 5.13 Å². The van der Waals surface area contributed by atoms with Gasteiger partial charge in [-0.2, -0.15) is 0 Å². The van der Waals surface area contributed by atoms with Gasteiger partial charge in [-0.15, -0.1) is 11.3 Å². The number of benzene rings is 2. The van der Waals surface area contributed by atoms with Crippen LogP contribution in [0.5, 0.6) is 0 Å². The second-order valence-electron chi connectivity index (χ2n) is 5.50. The second kappa shape index (κ2) is 6.70. The molecule has 2 aromatic carbocycles. The molecule has 0 aliphatic rings. The van der Waals surface area contributed by atoms with E-state index in [4.69, 9.17) is 21.1 Å². The van der Waals surface area contributed by atoms with Crippen molar-refractivity contribution in [3.8, 4) is 22.5 Å². The van der Waals surface area contributed by atoms with E-state index in [2.05, 4.69) is 10.5 Å². The van der Waals surface area contributed by atoms with E-state index in [0.29, 0.717) is 5.02 Å². The zero-order valence-electron chi connectivity index (χ0n) is 13.4. The Kier molecular flexibility index (Phi) is 4.26. The molecule has 0 spiro atoms. The Morgan fingerprint density at radius 2 is 1.80 bits per heavy atom. The summed E-state index contributed by atoms with van der Waals surface area (Å²) in [5.74, 6) is 0.752. The van der Waals surface area contributed by atoms with Gasteiger partial charge in [0.25, 0.3) is 0 Å². The van der Waals surface area contributed by atoms with Crippen LogP contribution in [0.25, 0.3) is 22.5 Å². The number of hydrogen-bond donors (Lipinski definition) is 1. The standard InChI is InChI=1S/C19H14ClN3OS/c1-12-17(18(23-24-12)13-5-3-2-4-6-13)16-11-25-19(22-16)21-15-9-7-14(20)8-10-15/h2-11H,1H3,(H,21,22). The number of hydrogen-bond acceptors (Lipinski definition) is 5. The fraction of sp³-hybridized carbons (Fsp3) is 0.0526. The van der Waals surface area contributed by atoms with Crippen LogP contribution in [0.15, 0.2) is 64.5 Å². The van der Waals surface area contributed by atoms with E-state index >= 15 is 0 Å². The minimum atomic E-state index is 0.706. The van der Waals surface area contributed by atoms with E-state index in [9.17, 15) is 0 Å². The fourth-order valence-electron chi connectivity index (χ4n) is 2.57. The average Bonchev–Trinajstić information content (AvgIpc) is 3.24. The molecule has 0 radical (unpaired) electrons. The van der Waals surface area contributed by atoms with Crippen LogP contribution < -0.4 is 5.32 Å². The van der Waals surface area contributed by atoms with Crippen LogP contribution in [0.3, 0.4) is 0 Å². The lowest BCUT2D eigenvalue weighted by molar-refractivity contribution is 0.400. The molecule has 0 fully saturated rings. The second-order valence-corrected chi connectivity index (χ2v) is 6.79. The van der Waals surface area contributed by atoms with Gasteiger partial charge in [0.1, 0.15) is 11.5 Å². The number of thiazole rings is 1. The predicted octanol–water partition coefficient (Wildman–Crippen LogP) is 6.17. The van der Waals surface area contributed by atoms with Gasteiger partial charge in [-0.1, -0.05) is 47.1 Å². The lowest BCUT2D eigenvalue weighted by atomic mass is 10.0. The number of rotatable bonds is 4. The Balaban J connectivity index is 1.67. The highest BCUT2D eigenvalue weighted by molar-refractivity contribution is 7.14. The molecule has 4 nitrogen and oxygen atoms in total. The first-order valence-electron chi connectivity index (χ1n) is 7.71. The highest BCUT2D eigenvalue weighted by Crippen LogP contribution is 2.36. The lowest BCUT2D eigenvalue weighted by Crippen LogP contribution is -1.90. The van der Waals surface area contributed by atoms with E-state index in [1.165, 1.54) is 11.3 Å². The SMILES string of the molecule is Cc1onc(-c2ccccc2)c1-c1csc(Nc2ccc(Cl)cc2)n1. The normalized spacial score (nSPS) is 10.8. The van der Waals surface area contributed by atoms with Crippen molar-refractivity contribution in [2.45, 2.75) is 6.92 Å². The van der Waals surface area contributed by atoms with E-state index in [-0.39, 0.29) is 0 Å². The molecule has 2 aromatic heterocycles. The van der Waals surface area contributed by atoms with Gasteiger partial charge >= 0.3 is 0 Å². The van der Waals surface area contributed by atoms with Gasteiger partial charge in [0.05, 0.1) is 11.3 Å². The van der Waals surface area contributed by atoms with Crippen molar-refractivity contribution in [2.75, 3.05) is 5.32 Å². The van der Waals surface area contributed by atoms with Crippen LogP contribution in [-0.2, 0) is 0 Å².